The maximum absolute atomic E-state index is 5.50. The molecule has 0 aliphatic rings. The Balaban J connectivity index is 2.88. The molecule has 84 valence electrons. The first-order valence-electron chi connectivity index (χ1n) is 5.83. The van der Waals surface area contributed by atoms with Gasteiger partial charge in [-0.1, -0.05) is 51.2 Å². The minimum absolute atomic E-state index is 0.624. The minimum atomic E-state index is 0.624. The summed E-state index contributed by atoms with van der Waals surface area (Å²) >= 11 is 5.50. The van der Waals surface area contributed by atoms with E-state index in [0.717, 1.165) is 13.1 Å². The van der Waals surface area contributed by atoms with Crippen LogP contribution in [0.2, 0.25) is 0 Å². The van der Waals surface area contributed by atoms with Crippen molar-refractivity contribution in [3.8, 4) is 0 Å². The van der Waals surface area contributed by atoms with Crippen molar-refractivity contribution in [1.82, 2.24) is 5.32 Å². The molecule has 2 heteroatoms. The SMILES string of the molecule is CCCCCCCCNC/C=C/CCl. The van der Waals surface area contributed by atoms with Crippen molar-refractivity contribution in [1.29, 1.82) is 0 Å². The molecule has 0 unspecified atom stereocenters. The van der Waals surface area contributed by atoms with E-state index in [1.807, 2.05) is 6.08 Å². The van der Waals surface area contributed by atoms with Gasteiger partial charge < -0.3 is 5.32 Å². The molecule has 0 aliphatic heterocycles. The van der Waals surface area contributed by atoms with Crippen molar-refractivity contribution >= 4 is 11.6 Å². The Bertz CT molecular complexity index is 123. The molecule has 1 N–H and O–H groups in total. The van der Waals surface area contributed by atoms with Gasteiger partial charge in [-0.2, -0.15) is 0 Å². The van der Waals surface area contributed by atoms with Crippen LogP contribution in [0.15, 0.2) is 12.2 Å². The quantitative estimate of drug-likeness (QED) is 0.334. The number of allylic oxidation sites excluding steroid dienone is 1. The summed E-state index contributed by atoms with van der Waals surface area (Å²) in [5.74, 6) is 0.624. The van der Waals surface area contributed by atoms with Gasteiger partial charge in [-0.15, -0.1) is 11.6 Å². The molecule has 0 aromatic carbocycles. The Kier molecular flexibility index (Phi) is 13.0. The Morgan fingerprint density at radius 1 is 1.00 bits per heavy atom. The van der Waals surface area contributed by atoms with E-state index in [-0.39, 0.29) is 0 Å². The van der Waals surface area contributed by atoms with Crippen LogP contribution in [0.1, 0.15) is 45.4 Å². The zero-order valence-electron chi connectivity index (χ0n) is 9.40. The predicted octanol–water partition coefficient (Wildman–Crippen LogP) is 3.73. The zero-order chi connectivity index (χ0) is 10.5. The third kappa shape index (κ3) is 12.0. The van der Waals surface area contributed by atoms with Gasteiger partial charge >= 0.3 is 0 Å². The van der Waals surface area contributed by atoms with Gasteiger partial charge in [0.15, 0.2) is 0 Å². The number of alkyl halides is 1. The van der Waals surface area contributed by atoms with Crippen LogP contribution in [0.25, 0.3) is 0 Å². The molecule has 14 heavy (non-hydrogen) atoms. The Hall–Kier alpha value is -0.0100. The molecule has 0 aromatic heterocycles. The molecule has 0 radical (unpaired) electrons. The standard InChI is InChI=1S/C12H24ClN/c1-2-3-4-5-6-8-11-14-12-9-7-10-13/h7,9,14H,2-6,8,10-12H2,1H3/b9-7+. The fourth-order valence-corrected chi connectivity index (χ4v) is 1.49. The van der Waals surface area contributed by atoms with Gasteiger partial charge in [0.25, 0.3) is 0 Å². The molecule has 0 heterocycles. The molecule has 0 aliphatic carbocycles. The highest BCUT2D eigenvalue weighted by molar-refractivity contribution is 6.18. The molecule has 0 aromatic rings. The van der Waals surface area contributed by atoms with E-state index in [0.29, 0.717) is 5.88 Å². The number of rotatable bonds is 10. The molecule has 0 saturated heterocycles. The van der Waals surface area contributed by atoms with Crippen molar-refractivity contribution in [2.45, 2.75) is 45.4 Å². The summed E-state index contributed by atoms with van der Waals surface area (Å²) in [5, 5.41) is 3.37. The molecule has 0 bridgehead atoms. The Morgan fingerprint density at radius 2 is 1.71 bits per heavy atom. The minimum Gasteiger partial charge on any atom is -0.313 e. The second kappa shape index (κ2) is 13.0. The maximum atomic E-state index is 5.50. The number of hydrogen-bond acceptors (Lipinski definition) is 1. The van der Waals surface area contributed by atoms with Crippen molar-refractivity contribution in [2.24, 2.45) is 0 Å². The van der Waals surface area contributed by atoms with Gasteiger partial charge in [-0.25, -0.2) is 0 Å². The first-order valence-corrected chi connectivity index (χ1v) is 6.37. The zero-order valence-corrected chi connectivity index (χ0v) is 10.2. The molecule has 0 fully saturated rings. The van der Waals surface area contributed by atoms with Gasteiger partial charge in [0, 0.05) is 12.4 Å². The van der Waals surface area contributed by atoms with Crippen molar-refractivity contribution < 1.29 is 0 Å². The summed E-state index contributed by atoms with van der Waals surface area (Å²) in [6.45, 7) is 4.35. The van der Waals surface area contributed by atoms with Crippen molar-refractivity contribution in [2.75, 3.05) is 19.0 Å². The molecule has 0 amide bonds. The van der Waals surface area contributed by atoms with E-state index in [1.54, 1.807) is 0 Å². The van der Waals surface area contributed by atoms with Crippen molar-refractivity contribution in [3.05, 3.63) is 12.2 Å². The smallest absolute Gasteiger partial charge is 0.0404 e. The van der Waals surface area contributed by atoms with Gasteiger partial charge in [-0.05, 0) is 13.0 Å². The lowest BCUT2D eigenvalue weighted by Crippen LogP contribution is -2.14. The number of halogens is 1. The summed E-state index contributed by atoms with van der Waals surface area (Å²) in [6.07, 6.45) is 12.3. The third-order valence-corrected chi connectivity index (χ3v) is 2.40. The van der Waals surface area contributed by atoms with Gasteiger partial charge in [0.2, 0.25) is 0 Å². The van der Waals surface area contributed by atoms with Crippen LogP contribution in [0, 0.1) is 0 Å². The average molecular weight is 218 g/mol. The molecule has 0 atom stereocenters. The number of unbranched alkanes of at least 4 members (excludes halogenated alkanes) is 5. The summed E-state index contributed by atoms with van der Waals surface area (Å²) in [7, 11) is 0. The third-order valence-electron chi connectivity index (χ3n) is 2.23. The summed E-state index contributed by atoms with van der Waals surface area (Å²) in [5.41, 5.74) is 0. The maximum Gasteiger partial charge on any atom is 0.0404 e. The van der Waals surface area contributed by atoms with Gasteiger partial charge in [0.05, 0.1) is 0 Å². The first kappa shape index (κ1) is 14.0. The molecular weight excluding hydrogens is 194 g/mol. The van der Waals surface area contributed by atoms with Crippen LogP contribution in [0.5, 0.6) is 0 Å². The number of nitrogens with one attached hydrogen (secondary N) is 1. The topological polar surface area (TPSA) is 12.0 Å². The van der Waals surface area contributed by atoms with E-state index in [2.05, 4.69) is 18.3 Å². The Morgan fingerprint density at radius 3 is 2.43 bits per heavy atom. The largest absolute Gasteiger partial charge is 0.313 e. The molecule has 0 rings (SSSR count). The van der Waals surface area contributed by atoms with E-state index in [4.69, 9.17) is 11.6 Å². The van der Waals surface area contributed by atoms with E-state index >= 15 is 0 Å². The molecule has 0 saturated carbocycles. The van der Waals surface area contributed by atoms with Crippen LogP contribution < -0.4 is 5.32 Å². The van der Waals surface area contributed by atoms with Gasteiger partial charge in [0.1, 0.15) is 0 Å². The van der Waals surface area contributed by atoms with Crippen LogP contribution in [0.4, 0.5) is 0 Å². The van der Waals surface area contributed by atoms with Crippen LogP contribution in [0.3, 0.4) is 0 Å². The molecule has 1 nitrogen and oxygen atoms in total. The van der Waals surface area contributed by atoms with E-state index in [9.17, 15) is 0 Å². The second-order valence-corrected chi connectivity index (χ2v) is 3.91. The summed E-state index contributed by atoms with van der Waals surface area (Å²) in [6, 6.07) is 0. The lowest BCUT2D eigenvalue weighted by Gasteiger charge is -2.01. The highest BCUT2D eigenvalue weighted by atomic mass is 35.5. The predicted molar refractivity (Wildman–Crippen MR) is 66.1 cm³/mol. The Labute approximate surface area is 93.9 Å². The first-order chi connectivity index (χ1) is 6.91. The lowest BCUT2D eigenvalue weighted by molar-refractivity contribution is 0.585. The second-order valence-electron chi connectivity index (χ2n) is 3.60. The fourth-order valence-electron chi connectivity index (χ4n) is 1.36. The highest BCUT2D eigenvalue weighted by Gasteiger charge is 1.88. The fraction of sp³-hybridized carbons (Fsp3) is 0.833. The van der Waals surface area contributed by atoms with Crippen molar-refractivity contribution in [3.63, 3.8) is 0 Å². The normalized spacial score (nSPS) is 11.3. The van der Waals surface area contributed by atoms with E-state index in [1.165, 1.54) is 38.5 Å². The highest BCUT2D eigenvalue weighted by Crippen LogP contribution is 2.03. The van der Waals surface area contributed by atoms with Gasteiger partial charge in [-0.3, -0.25) is 0 Å². The van der Waals surface area contributed by atoms with E-state index < -0.39 is 0 Å². The summed E-state index contributed by atoms with van der Waals surface area (Å²) < 4.78 is 0. The average Bonchev–Trinajstić information content (AvgIpc) is 2.21. The molecular formula is C12H24ClN. The van der Waals surface area contributed by atoms with Crippen LogP contribution in [-0.4, -0.2) is 19.0 Å². The molecule has 0 spiro atoms. The number of hydrogen-bond donors (Lipinski definition) is 1. The van der Waals surface area contributed by atoms with Crippen LogP contribution in [-0.2, 0) is 0 Å². The summed E-state index contributed by atoms with van der Waals surface area (Å²) in [4.78, 5) is 0. The van der Waals surface area contributed by atoms with Crippen LogP contribution >= 0.6 is 11.6 Å². The monoisotopic (exact) mass is 217 g/mol. The lowest BCUT2D eigenvalue weighted by atomic mass is 10.1.